The van der Waals surface area contributed by atoms with Gasteiger partial charge in [0.25, 0.3) is 0 Å². The highest BCUT2D eigenvalue weighted by molar-refractivity contribution is 5.87. The molecule has 5 fully saturated rings. The third-order valence-electron chi connectivity index (χ3n) is 17.0. The Morgan fingerprint density at radius 2 is 1.56 bits per heavy atom. The van der Waals surface area contributed by atoms with E-state index >= 15 is 0 Å². The van der Waals surface area contributed by atoms with Crippen LogP contribution in [0.5, 0.6) is 11.5 Å². The van der Waals surface area contributed by atoms with Gasteiger partial charge in [-0.1, -0.05) is 73.1 Å². The summed E-state index contributed by atoms with van der Waals surface area (Å²) < 4.78 is 23.9. The smallest absolute Gasteiger partial charge is 0.335 e. The van der Waals surface area contributed by atoms with E-state index in [2.05, 4.69) is 61.5 Å². The molecule has 1 aromatic rings. The molecule has 0 unspecified atom stereocenters. The summed E-state index contributed by atoms with van der Waals surface area (Å²) in [5.41, 5.74) is 1.47. The average Bonchev–Trinajstić information content (AvgIpc) is 3.13. The minimum Gasteiger partial charge on any atom is -0.504 e. The summed E-state index contributed by atoms with van der Waals surface area (Å²) in [5.74, 6) is -0.566. The van der Waals surface area contributed by atoms with Crippen LogP contribution in [0.1, 0.15) is 119 Å². The SMILES string of the molecule is COc1cc(C=CC(=O)O[C@@H]2C[C@]3(C)C(=CC[C@@H]4[C@@]5(C)CC[C@H](O[C@@H]6O[C@H](C(=O)O)[C@@H](O)[C@H](O)[C@H]6O)C(C)(C)[C@@H]5CC[C@]43C)[C@@H]3CC(C)(C)CC[C@]23C)ccc1O. The number of rotatable bonds is 7. The molecule has 11 nitrogen and oxygen atoms in total. The number of hydrogen-bond acceptors (Lipinski definition) is 10. The van der Waals surface area contributed by atoms with E-state index in [1.165, 1.54) is 13.2 Å². The van der Waals surface area contributed by atoms with Crippen LogP contribution in [0.4, 0.5) is 0 Å². The molecular formula is C46H66O11. The van der Waals surface area contributed by atoms with Crippen molar-refractivity contribution in [2.45, 2.75) is 156 Å². The fourth-order valence-corrected chi connectivity index (χ4v) is 13.4. The lowest BCUT2D eigenvalue weighted by atomic mass is 9.33. The quantitative estimate of drug-likeness (QED) is 0.0830. The van der Waals surface area contributed by atoms with Crippen molar-refractivity contribution in [3.63, 3.8) is 0 Å². The van der Waals surface area contributed by atoms with E-state index in [-0.39, 0.29) is 68.3 Å². The molecule has 5 aliphatic carbocycles. The van der Waals surface area contributed by atoms with Gasteiger partial charge in [-0.2, -0.15) is 0 Å². The summed E-state index contributed by atoms with van der Waals surface area (Å²) in [6, 6.07) is 4.98. The maximum absolute atomic E-state index is 13.8. The van der Waals surface area contributed by atoms with E-state index in [9.17, 15) is 35.1 Å². The van der Waals surface area contributed by atoms with Crippen molar-refractivity contribution in [2.24, 2.45) is 50.2 Å². The number of aliphatic hydroxyl groups excluding tert-OH is 3. The van der Waals surface area contributed by atoms with Gasteiger partial charge >= 0.3 is 11.9 Å². The molecule has 4 saturated carbocycles. The second kappa shape index (κ2) is 14.4. The molecule has 0 aromatic heterocycles. The Hall–Kier alpha value is -2.96. The highest BCUT2D eigenvalue weighted by Gasteiger charge is 2.70. The number of phenolic OH excluding ortho intramolecular Hbond substituents is 1. The largest absolute Gasteiger partial charge is 0.504 e. The first-order chi connectivity index (χ1) is 26.5. The average molecular weight is 795 g/mol. The zero-order chi connectivity index (χ0) is 41.7. The predicted molar refractivity (Wildman–Crippen MR) is 213 cm³/mol. The van der Waals surface area contributed by atoms with Crippen LogP contribution in [0.3, 0.4) is 0 Å². The fourth-order valence-electron chi connectivity index (χ4n) is 13.4. The Labute approximate surface area is 337 Å². The van der Waals surface area contributed by atoms with E-state index in [4.69, 9.17) is 18.9 Å². The van der Waals surface area contributed by atoms with Crippen molar-refractivity contribution in [2.75, 3.05) is 7.11 Å². The molecule has 0 amide bonds. The fraction of sp³-hybridized carbons (Fsp3) is 0.739. The molecule has 6 aliphatic rings. The van der Waals surface area contributed by atoms with Crippen LogP contribution in [-0.2, 0) is 23.8 Å². The van der Waals surface area contributed by atoms with Crippen LogP contribution in [-0.4, -0.2) is 87.5 Å². The maximum atomic E-state index is 13.8. The van der Waals surface area contributed by atoms with Crippen molar-refractivity contribution in [1.82, 2.24) is 0 Å². The van der Waals surface area contributed by atoms with Gasteiger partial charge in [-0.05, 0) is 126 Å². The molecule has 1 saturated heterocycles. The number of aromatic hydroxyl groups is 1. The Bertz CT molecular complexity index is 1800. The van der Waals surface area contributed by atoms with Gasteiger partial charge in [0, 0.05) is 11.5 Å². The molecule has 7 rings (SSSR count). The molecule has 57 heavy (non-hydrogen) atoms. The number of carbonyl (C=O) groups excluding carboxylic acids is 1. The van der Waals surface area contributed by atoms with Crippen molar-refractivity contribution in [1.29, 1.82) is 0 Å². The number of ether oxygens (including phenoxy) is 4. The predicted octanol–water partition coefficient (Wildman–Crippen LogP) is 7.03. The van der Waals surface area contributed by atoms with Crippen LogP contribution in [0, 0.1) is 50.2 Å². The van der Waals surface area contributed by atoms with Gasteiger partial charge in [0.2, 0.25) is 0 Å². The molecule has 5 N–H and O–H groups in total. The molecular weight excluding hydrogens is 728 g/mol. The number of esters is 1. The lowest BCUT2D eigenvalue weighted by Gasteiger charge is -2.72. The summed E-state index contributed by atoms with van der Waals surface area (Å²) in [4.78, 5) is 25.6. The van der Waals surface area contributed by atoms with E-state index in [0.717, 1.165) is 56.9 Å². The van der Waals surface area contributed by atoms with Gasteiger partial charge in [0.05, 0.1) is 13.2 Å². The highest BCUT2D eigenvalue weighted by atomic mass is 16.7. The topological polar surface area (TPSA) is 172 Å². The number of phenols is 1. The first-order valence-electron chi connectivity index (χ1n) is 21.1. The third kappa shape index (κ3) is 6.66. The van der Waals surface area contributed by atoms with Crippen LogP contribution in [0.2, 0.25) is 0 Å². The second-order valence-electron chi connectivity index (χ2n) is 20.8. The van der Waals surface area contributed by atoms with Gasteiger partial charge in [0.1, 0.15) is 24.4 Å². The molecule has 11 heteroatoms. The summed E-state index contributed by atoms with van der Waals surface area (Å²) in [6.07, 6.45) is 5.23. The molecule has 1 aliphatic heterocycles. The summed E-state index contributed by atoms with van der Waals surface area (Å²) in [7, 11) is 1.49. The molecule has 1 aromatic carbocycles. The van der Waals surface area contributed by atoms with Gasteiger partial charge in [0.15, 0.2) is 23.9 Å². The second-order valence-corrected chi connectivity index (χ2v) is 20.8. The van der Waals surface area contributed by atoms with E-state index in [1.807, 2.05) is 0 Å². The first-order valence-corrected chi connectivity index (χ1v) is 21.1. The summed E-state index contributed by atoms with van der Waals surface area (Å²) >= 11 is 0. The van der Waals surface area contributed by atoms with Gasteiger partial charge in [-0.3, -0.25) is 0 Å². The van der Waals surface area contributed by atoms with Crippen molar-refractivity contribution < 1.29 is 54.1 Å². The van der Waals surface area contributed by atoms with Gasteiger partial charge in [-0.15, -0.1) is 0 Å². The molecule has 14 atom stereocenters. The number of carbonyl (C=O) groups is 2. The van der Waals surface area contributed by atoms with Crippen LogP contribution >= 0.6 is 0 Å². The molecule has 0 radical (unpaired) electrons. The number of carboxylic acid groups (broad SMARTS) is 1. The maximum Gasteiger partial charge on any atom is 0.335 e. The number of carboxylic acids is 1. The monoisotopic (exact) mass is 794 g/mol. The lowest BCUT2D eigenvalue weighted by molar-refractivity contribution is -0.324. The van der Waals surface area contributed by atoms with Crippen LogP contribution < -0.4 is 4.74 Å². The number of methoxy groups -OCH3 is 1. The van der Waals surface area contributed by atoms with Crippen molar-refractivity contribution in [3.05, 3.63) is 41.5 Å². The summed E-state index contributed by atoms with van der Waals surface area (Å²) in [6.45, 7) is 18.9. The number of aliphatic hydroxyl groups is 3. The van der Waals surface area contributed by atoms with E-state index < -0.39 is 36.7 Å². The third-order valence-corrected chi connectivity index (χ3v) is 17.0. The number of fused-ring (bicyclic) bond motifs is 7. The van der Waals surface area contributed by atoms with E-state index in [0.29, 0.717) is 18.1 Å². The number of hydrogen-bond donors (Lipinski definition) is 5. The standard InChI is InChI=1S/C46H66O11/c1-41(2)20-21-43(5)27(23-41)26-12-14-31-44(6)18-17-32(56-40-37(51)35(49)36(50)38(57-40)39(52)53)42(3,4)30(44)16-19-45(31,7)46(26,8)24-33(43)55-34(48)15-11-25-10-13-28(47)29(22-25)54-9/h10-13,15,22,27,30-33,35-38,40,47,49-51H,14,16-21,23-24H2,1-9H3,(H,52,53)/t27-,30-,31+,32-,33+,35-,36-,37+,38-,40+,43-,44-,45+,46+/m0/s1. The van der Waals surface area contributed by atoms with Gasteiger partial charge in [-0.25, -0.2) is 9.59 Å². The zero-order valence-corrected chi connectivity index (χ0v) is 35.3. The Kier molecular flexibility index (Phi) is 10.6. The zero-order valence-electron chi connectivity index (χ0n) is 35.3. The van der Waals surface area contributed by atoms with Crippen molar-refractivity contribution in [3.8, 4) is 11.5 Å². The highest BCUT2D eigenvalue weighted by Crippen LogP contribution is 2.76. The van der Waals surface area contributed by atoms with Crippen LogP contribution in [0.15, 0.2) is 35.9 Å². The molecule has 0 spiro atoms. The Morgan fingerprint density at radius 3 is 2.25 bits per heavy atom. The molecule has 316 valence electrons. The number of allylic oxidation sites excluding steroid dienone is 2. The molecule has 0 bridgehead atoms. The molecule has 1 heterocycles. The Balaban J connectivity index is 1.17. The minimum absolute atomic E-state index is 0.0367. The number of benzene rings is 1. The summed E-state index contributed by atoms with van der Waals surface area (Å²) in [5, 5.41) is 51.3. The van der Waals surface area contributed by atoms with Crippen LogP contribution in [0.25, 0.3) is 6.08 Å². The Morgan fingerprint density at radius 1 is 0.842 bits per heavy atom. The normalized spacial score (nSPS) is 44.7. The lowest BCUT2D eigenvalue weighted by Crippen LogP contribution is -2.67. The number of aliphatic carboxylic acids is 1. The van der Waals surface area contributed by atoms with Crippen molar-refractivity contribution >= 4 is 18.0 Å². The minimum atomic E-state index is -1.77. The van der Waals surface area contributed by atoms with Gasteiger partial charge < -0.3 is 44.5 Å². The first kappa shape index (κ1) is 42.2. The van der Waals surface area contributed by atoms with E-state index in [1.54, 1.807) is 29.8 Å².